The van der Waals surface area contributed by atoms with Gasteiger partial charge in [0.2, 0.25) is 0 Å². The van der Waals surface area contributed by atoms with Crippen LogP contribution in [0.1, 0.15) is 26.4 Å². The van der Waals surface area contributed by atoms with E-state index in [-0.39, 0.29) is 34.8 Å². The standard InChI is InChI=1S/C34H34N2O9/c1-35(2)33(38)31-29(20-9-11-23(40-3)21(15-20)18-37)30-22-16-27(43-6)28(44-7)17-25(22)45-34(39)32(30)36(31)13-12-19-8-10-24(41-4)26(14-19)42-5/h8-11,14-18H,12-13H2,1-7H3. The van der Waals surface area contributed by atoms with Crippen molar-refractivity contribution in [3.63, 3.8) is 0 Å². The second-order valence-electron chi connectivity index (χ2n) is 10.4. The maximum Gasteiger partial charge on any atom is 0.361 e. The molecule has 0 aliphatic carbocycles. The Morgan fingerprint density at radius 3 is 2.07 bits per heavy atom. The van der Waals surface area contributed by atoms with E-state index >= 15 is 0 Å². The number of carbonyl (C=O) groups excluding carboxylic acids is 2. The number of ether oxygens (including phenoxy) is 5. The topological polar surface area (TPSA) is 119 Å². The average Bonchev–Trinajstić information content (AvgIpc) is 3.41. The van der Waals surface area contributed by atoms with E-state index in [4.69, 9.17) is 28.1 Å². The lowest BCUT2D eigenvalue weighted by molar-refractivity contribution is 0.0818. The van der Waals surface area contributed by atoms with Gasteiger partial charge in [-0.3, -0.25) is 9.59 Å². The number of methoxy groups -OCH3 is 5. The quantitative estimate of drug-likeness (QED) is 0.146. The van der Waals surface area contributed by atoms with Gasteiger partial charge in [-0.2, -0.15) is 0 Å². The number of aldehydes is 1. The molecule has 11 heteroatoms. The van der Waals surface area contributed by atoms with Gasteiger partial charge in [0.05, 0.1) is 41.1 Å². The van der Waals surface area contributed by atoms with Crippen molar-refractivity contribution >= 4 is 34.1 Å². The summed E-state index contributed by atoms with van der Waals surface area (Å²) in [4.78, 5) is 41.5. The van der Waals surface area contributed by atoms with Crippen molar-refractivity contribution in [2.24, 2.45) is 0 Å². The highest BCUT2D eigenvalue weighted by Crippen LogP contribution is 2.43. The van der Waals surface area contributed by atoms with Crippen molar-refractivity contribution in [3.05, 3.63) is 75.8 Å². The van der Waals surface area contributed by atoms with Crippen LogP contribution >= 0.6 is 0 Å². The molecule has 0 saturated heterocycles. The number of hydrogen-bond donors (Lipinski definition) is 0. The van der Waals surface area contributed by atoms with Gasteiger partial charge in [0.1, 0.15) is 22.5 Å². The van der Waals surface area contributed by atoms with Gasteiger partial charge < -0.3 is 37.6 Å². The van der Waals surface area contributed by atoms with Crippen LogP contribution in [0.4, 0.5) is 0 Å². The minimum atomic E-state index is -0.639. The van der Waals surface area contributed by atoms with Crippen molar-refractivity contribution in [1.29, 1.82) is 0 Å². The lowest BCUT2D eigenvalue weighted by Crippen LogP contribution is -2.26. The minimum absolute atomic E-state index is 0.193. The van der Waals surface area contributed by atoms with Gasteiger partial charge in [-0.1, -0.05) is 12.1 Å². The number of aromatic nitrogens is 1. The molecule has 0 fully saturated rings. The monoisotopic (exact) mass is 614 g/mol. The maximum absolute atomic E-state index is 14.1. The number of carbonyl (C=O) groups is 2. The fourth-order valence-electron chi connectivity index (χ4n) is 5.58. The van der Waals surface area contributed by atoms with E-state index in [9.17, 15) is 14.4 Å². The molecular formula is C34H34N2O9. The summed E-state index contributed by atoms with van der Waals surface area (Å²) < 4.78 is 34.8. The second-order valence-corrected chi connectivity index (χ2v) is 10.4. The van der Waals surface area contributed by atoms with Crippen molar-refractivity contribution in [2.75, 3.05) is 49.6 Å². The molecule has 0 atom stereocenters. The molecule has 0 unspecified atom stereocenters. The largest absolute Gasteiger partial charge is 0.496 e. The summed E-state index contributed by atoms with van der Waals surface area (Å²) in [6.45, 7) is 0.237. The van der Waals surface area contributed by atoms with Gasteiger partial charge in [0.25, 0.3) is 5.91 Å². The third-order valence-electron chi connectivity index (χ3n) is 7.74. The maximum atomic E-state index is 14.1. The second kappa shape index (κ2) is 12.7. The van der Waals surface area contributed by atoms with Gasteiger partial charge in [-0.25, -0.2) is 4.79 Å². The Labute approximate surface area is 259 Å². The van der Waals surface area contributed by atoms with Crippen molar-refractivity contribution in [2.45, 2.75) is 13.0 Å². The Morgan fingerprint density at radius 1 is 0.822 bits per heavy atom. The summed E-state index contributed by atoms with van der Waals surface area (Å²) in [5.74, 6) is 1.96. The fraction of sp³-hybridized carbons (Fsp3) is 0.265. The Morgan fingerprint density at radius 2 is 1.44 bits per heavy atom. The van der Waals surface area contributed by atoms with Gasteiger partial charge in [0, 0.05) is 43.0 Å². The molecule has 5 rings (SSSR count). The zero-order valence-electron chi connectivity index (χ0n) is 26.2. The molecule has 1 amide bonds. The van der Waals surface area contributed by atoms with E-state index in [2.05, 4.69) is 0 Å². The van der Waals surface area contributed by atoms with Crippen LogP contribution in [-0.4, -0.2) is 71.3 Å². The van der Waals surface area contributed by atoms with Crippen molar-refractivity contribution in [1.82, 2.24) is 9.47 Å². The van der Waals surface area contributed by atoms with Crippen LogP contribution in [0.25, 0.3) is 33.0 Å². The molecule has 0 bridgehead atoms. The van der Waals surface area contributed by atoms with Crippen molar-refractivity contribution < 1.29 is 37.7 Å². The molecule has 0 aliphatic heterocycles. The normalized spacial score (nSPS) is 11.0. The Hall–Kier alpha value is -5.45. The van der Waals surface area contributed by atoms with Gasteiger partial charge in [-0.05, 0) is 47.9 Å². The summed E-state index contributed by atoms with van der Waals surface area (Å²) in [7, 11) is 10.9. The molecule has 234 valence electrons. The summed E-state index contributed by atoms with van der Waals surface area (Å²) in [6, 6.07) is 13.9. The molecule has 11 nitrogen and oxygen atoms in total. The predicted octanol–water partition coefficient (Wildman–Crippen LogP) is 5.21. The first-order chi connectivity index (χ1) is 21.7. The number of fused-ring (bicyclic) bond motifs is 3. The fourth-order valence-corrected chi connectivity index (χ4v) is 5.58. The molecule has 2 aromatic heterocycles. The lowest BCUT2D eigenvalue weighted by Gasteiger charge is -2.17. The SMILES string of the molecule is COc1ccc(-c2c(C(=O)N(C)C)n(CCc3ccc(OC)c(OC)c3)c3c(=O)oc4cc(OC)c(OC)cc4c23)cc1C=O. The number of nitrogens with zero attached hydrogens (tertiary/aromatic N) is 2. The molecule has 0 aliphatic rings. The molecule has 5 aromatic rings. The average molecular weight is 615 g/mol. The van der Waals surface area contributed by atoms with Crippen LogP contribution in [0.15, 0.2) is 57.7 Å². The molecule has 0 saturated carbocycles. The highest BCUT2D eigenvalue weighted by atomic mass is 16.5. The highest BCUT2D eigenvalue weighted by molar-refractivity contribution is 6.18. The third kappa shape index (κ3) is 5.41. The number of benzene rings is 3. The molecule has 0 N–H and O–H groups in total. The van der Waals surface area contributed by atoms with Crippen LogP contribution in [0.5, 0.6) is 28.7 Å². The van der Waals surface area contributed by atoms with Crippen LogP contribution < -0.4 is 29.3 Å². The van der Waals surface area contributed by atoms with E-state index in [1.54, 1.807) is 69.3 Å². The van der Waals surface area contributed by atoms with Crippen LogP contribution in [0, 0.1) is 0 Å². The lowest BCUT2D eigenvalue weighted by atomic mass is 9.97. The zero-order valence-corrected chi connectivity index (χ0v) is 26.2. The van der Waals surface area contributed by atoms with Crippen LogP contribution in [0.3, 0.4) is 0 Å². The van der Waals surface area contributed by atoms with E-state index in [0.717, 1.165) is 5.56 Å². The zero-order chi connectivity index (χ0) is 32.4. The molecule has 45 heavy (non-hydrogen) atoms. The first-order valence-corrected chi connectivity index (χ1v) is 14.0. The van der Waals surface area contributed by atoms with Crippen LogP contribution in [0.2, 0.25) is 0 Å². The van der Waals surface area contributed by atoms with Crippen LogP contribution in [-0.2, 0) is 13.0 Å². The Balaban J connectivity index is 1.90. The Kier molecular flexibility index (Phi) is 8.71. The predicted molar refractivity (Wildman–Crippen MR) is 170 cm³/mol. The van der Waals surface area contributed by atoms with Gasteiger partial charge in [0.15, 0.2) is 29.3 Å². The number of aryl methyl sites for hydroxylation is 2. The highest BCUT2D eigenvalue weighted by Gasteiger charge is 2.30. The molecule has 3 aromatic carbocycles. The number of amides is 1. The first kappa shape index (κ1) is 31.0. The summed E-state index contributed by atoms with van der Waals surface area (Å²) >= 11 is 0. The van der Waals surface area contributed by atoms with E-state index < -0.39 is 5.63 Å². The first-order valence-electron chi connectivity index (χ1n) is 14.0. The smallest absolute Gasteiger partial charge is 0.361 e. The number of hydrogen-bond acceptors (Lipinski definition) is 9. The van der Waals surface area contributed by atoms with Gasteiger partial charge >= 0.3 is 5.63 Å². The molecule has 0 radical (unpaired) electrons. The van der Waals surface area contributed by atoms with Gasteiger partial charge in [-0.15, -0.1) is 0 Å². The number of rotatable bonds is 11. The summed E-state index contributed by atoms with van der Waals surface area (Å²) in [6.07, 6.45) is 1.12. The summed E-state index contributed by atoms with van der Waals surface area (Å²) in [5, 5.41) is 1.00. The van der Waals surface area contributed by atoms with E-state index in [0.29, 0.717) is 63.4 Å². The molecular weight excluding hydrogens is 580 g/mol. The van der Waals surface area contributed by atoms with Crippen molar-refractivity contribution in [3.8, 4) is 39.9 Å². The molecule has 0 spiro atoms. The van der Waals surface area contributed by atoms with E-state index in [1.807, 2.05) is 12.1 Å². The molecule has 2 heterocycles. The summed E-state index contributed by atoms with van der Waals surface area (Å²) in [5.41, 5.74) is 2.24. The Bertz CT molecular complexity index is 1990. The minimum Gasteiger partial charge on any atom is -0.496 e. The third-order valence-corrected chi connectivity index (χ3v) is 7.74. The van der Waals surface area contributed by atoms with E-state index in [1.165, 1.54) is 26.2 Å².